The van der Waals surface area contributed by atoms with Gasteiger partial charge in [0.1, 0.15) is 0 Å². The number of nitrogen functional groups attached to an aromatic ring is 1. The highest BCUT2D eigenvalue weighted by Gasteiger charge is 2.31. The number of β-amino-alcohol motifs (C(OH)–C–C–N with tert-alkyl or cyclic N) is 1. The summed E-state index contributed by atoms with van der Waals surface area (Å²) in [4.78, 5) is 2.01. The zero-order chi connectivity index (χ0) is 13.2. The number of hydrogen-bond acceptors (Lipinski definition) is 8. The molecule has 1 fully saturated rings. The zero-order valence-corrected chi connectivity index (χ0v) is 11.3. The lowest BCUT2D eigenvalue weighted by molar-refractivity contribution is 0.151. The van der Waals surface area contributed by atoms with E-state index in [0.29, 0.717) is 32.7 Å². The Hall–Kier alpha value is -0.810. The second-order valence-electron chi connectivity index (χ2n) is 3.88. The van der Waals surface area contributed by atoms with Gasteiger partial charge in [0.05, 0.1) is 6.61 Å². The monoisotopic (exact) mass is 293 g/mol. The molecule has 0 spiro atoms. The lowest BCUT2D eigenvalue weighted by atomic mass is 10.4. The van der Waals surface area contributed by atoms with Gasteiger partial charge in [-0.1, -0.05) is 11.3 Å². The first-order chi connectivity index (χ1) is 8.54. The Morgan fingerprint density at radius 2 is 1.94 bits per heavy atom. The van der Waals surface area contributed by atoms with Crippen LogP contribution in [0, 0.1) is 0 Å². The molecule has 2 rings (SSSR count). The van der Waals surface area contributed by atoms with E-state index < -0.39 is 10.0 Å². The SMILES string of the molecule is Nc1nnc(S(=O)(=O)N2CCN(CCO)CC2)s1. The van der Waals surface area contributed by atoms with Crippen molar-refractivity contribution in [1.82, 2.24) is 19.4 Å². The molecule has 0 atom stereocenters. The predicted octanol–water partition coefficient (Wildman–Crippen LogP) is -1.58. The molecule has 0 radical (unpaired) electrons. The summed E-state index contributed by atoms with van der Waals surface area (Å²) < 4.78 is 25.7. The number of nitrogens with zero attached hydrogens (tertiary/aromatic N) is 4. The number of aromatic nitrogens is 2. The first kappa shape index (κ1) is 13.6. The van der Waals surface area contributed by atoms with Crippen LogP contribution >= 0.6 is 11.3 Å². The summed E-state index contributed by atoms with van der Waals surface area (Å²) in [7, 11) is -3.57. The third kappa shape index (κ3) is 2.78. The van der Waals surface area contributed by atoms with Crippen LogP contribution in [0.5, 0.6) is 0 Å². The van der Waals surface area contributed by atoms with Gasteiger partial charge in [-0.25, -0.2) is 8.42 Å². The molecule has 0 saturated carbocycles. The quantitative estimate of drug-likeness (QED) is 0.688. The summed E-state index contributed by atoms with van der Waals surface area (Å²) in [6.45, 7) is 2.64. The van der Waals surface area contributed by atoms with Crippen molar-refractivity contribution >= 4 is 26.5 Å². The lowest BCUT2D eigenvalue weighted by Crippen LogP contribution is -2.49. The normalized spacial score (nSPS) is 19.2. The summed E-state index contributed by atoms with van der Waals surface area (Å²) >= 11 is 0.872. The van der Waals surface area contributed by atoms with Crippen molar-refractivity contribution in [1.29, 1.82) is 0 Å². The third-order valence-corrected chi connectivity index (χ3v) is 5.73. The zero-order valence-electron chi connectivity index (χ0n) is 9.69. The van der Waals surface area contributed by atoms with Crippen molar-refractivity contribution in [2.75, 3.05) is 45.1 Å². The van der Waals surface area contributed by atoms with Gasteiger partial charge in [0.2, 0.25) is 9.47 Å². The first-order valence-electron chi connectivity index (χ1n) is 5.46. The van der Waals surface area contributed by atoms with Gasteiger partial charge in [-0.15, -0.1) is 10.2 Å². The van der Waals surface area contributed by atoms with Gasteiger partial charge in [-0.05, 0) is 0 Å². The molecule has 0 unspecified atom stereocenters. The standard InChI is InChI=1S/C8H15N5O3S2/c9-7-10-11-8(17-7)18(15,16)13-3-1-12(2-4-13)5-6-14/h14H,1-6H2,(H2,9,10). The molecular formula is C8H15N5O3S2. The average Bonchev–Trinajstić information content (AvgIpc) is 2.78. The average molecular weight is 293 g/mol. The topological polar surface area (TPSA) is 113 Å². The van der Waals surface area contributed by atoms with E-state index in [4.69, 9.17) is 10.8 Å². The molecule has 18 heavy (non-hydrogen) atoms. The van der Waals surface area contributed by atoms with E-state index in [9.17, 15) is 8.42 Å². The molecule has 1 aliphatic rings. The molecule has 1 aromatic rings. The predicted molar refractivity (Wildman–Crippen MR) is 66.6 cm³/mol. The Bertz CT molecular complexity index is 495. The van der Waals surface area contributed by atoms with Crippen LogP contribution < -0.4 is 5.73 Å². The fraction of sp³-hybridized carbons (Fsp3) is 0.750. The summed E-state index contributed by atoms with van der Waals surface area (Å²) in [5.74, 6) is 0. The van der Waals surface area contributed by atoms with E-state index in [1.807, 2.05) is 4.90 Å². The van der Waals surface area contributed by atoms with Crippen molar-refractivity contribution in [2.24, 2.45) is 0 Å². The Morgan fingerprint density at radius 3 is 2.44 bits per heavy atom. The van der Waals surface area contributed by atoms with Gasteiger partial charge in [0.15, 0.2) is 0 Å². The highest BCUT2D eigenvalue weighted by Crippen LogP contribution is 2.22. The van der Waals surface area contributed by atoms with Crippen LogP contribution in [0.15, 0.2) is 4.34 Å². The number of aliphatic hydroxyl groups excluding tert-OH is 1. The number of nitrogens with two attached hydrogens (primary N) is 1. The van der Waals surface area contributed by atoms with Gasteiger partial charge in [-0.3, -0.25) is 4.90 Å². The second kappa shape index (κ2) is 5.45. The first-order valence-corrected chi connectivity index (χ1v) is 7.72. The minimum absolute atomic E-state index is 0.0596. The van der Waals surface area contributed by atoms with Gasteiger partial charge in [0, 0.05) is 32.7 Å². The highest BCUT2D eigenvalue weighted by atomic mass is 32.2. The smallest absolute Gasteiger partial charge is 0.272 e. The summed E-state index contributed by atoms with van der Waals surface area (Å²) in [5.41, 5.74) is 5.39. The van der Waals surface area contributed by atoms with Gasteiger partial charge < -0.3 is 10.8 Å². The summed E-state index contributed by atoms with van der Waals surface area (Å²) in [5, 5.41) is 16.1. The van der Waals surface area contributed by atoms with E-state index in [1.165, 1.54) is 4.31 Å². The fourth-order valence-electron chi connectivity index (χ4n) is 1.77. The minimum atomic E-state index is -3.57. The van der Waals surface area contributed by atoms with E-state index in [1.54, 1.807) is 0 Å². The van der Waals surface area contributed by atoms with Crippen LogP contribution in [-0.4, -0.2) is 72.3 Å². The third-order valence-electron chi connectivity index (χ3n) is 2.73. The molecule has 0 amide bonds. The maximum absolute atomic E-state index is 12.2. The number of rotatable bonds is 4. The molecule has 10 heteroatoms. The highest BCUT2D eigenvalue weighted by molar-refractivity contribution is 7.91. The van der Waals surface area contributed by atoms with E-state index in [0.717, 1.165) is 11.3 Å². The van der Waals surface area contributed by atoms with Crippen LogP contribution in [0.4, 0.5) is 5.13 Å². The Balaban J connectivity index is 2.05. The molecule has 0 aromatic carbocycles. The number of hydrogen-bond donors (Lipinski definition) is 2. The van der Waals surface area contributed by atoms with Crippen LogP contribution in [0.25, 0.3) is 0 Å². The number of aliphatic hydroxyl groups is 1. The Labute approximate surface area is 109 Å². The van der Waals surface area contributed by atoms with E-state index >= 15 is 0 Å². The van der Waals surface area contributed by atoms with Gasteiger partial charge in [-0.2, -0.15) is 4.31 Å². The Morgan fingerprint density at radius 1 is 1.28 bits per heavy atom. The van der Waals surface area contributed by atoms with Crippen molar-refractivity contribution in [3.63, 3.8) is 0 Å². The van der Waals surface area contributed by atoms with Gasteiger partial charge >= 0.3 is 0 Å². The second-order valence-corrected chi connectivity index (χ2v) is 7.00. The molecule has 8 nitrogen and oxygen atoms in total. The van der Waals surface area contributed by atoms with Crippen LogP contribution in [0.1, 0.15) is 0 Å². The van der Waals surface area contributed by atoms with Crippen molar-refractivity contribution < 1.29 is 13.5 Å². The molecule has 102 valence electrons. The van der Waals surface area contributed by atoms with Gasteiger partial charge in [0.25, 0.3) is 10.0 Å². The Kier molecular flexibility index (Phi) is 4.12. The molecule has 0 bridgehead atoms. The maximum Gasteiger partial charge on any atom is 0.272 e. The maximum atomic E-state index is 12.2. The van der Waals surface area contributed by atoms with Crippen molar-refractivity contribution in [2.45, 2.75) is 4.34 Å². The van der Waals surface area contributed by atoms with Crippen LogP contribution in [-0.2, 0) is 10.0 Å². The summed E-state index contributed by atoms with van der Waals surface area (Å²) in [6.07, 6.45) is 0. The molecule has 1 aromatic heterocycles. The van der Waals surface area contributed by atoms with Crippen LogP contribution in [0.3, 0.4) is 0 Å². The number of anilines is 1. The molecule has 0 aliphatic carbocycles. The lowest BCUT2D eigenvalue weighted by Gasteiger charge is -2.32. The molecular weight excluding hydrogens is 278 g/mol. The largest absolute Gasteiger partial charge is 0.395 e. The molecule has 2 heterocycles. The molecule has 1 saturated heterocycles. The van der Waals surface area contributed by atoms with E-state index in [-0.39, 0.29) is 16.1 Å². The number of sulfonamides is 1. The fourth-order valence-corrected chi connectivity index (χ4v) is 4.11. The van der Waals surface area contributed by atoms with Crippen molar-refractivity contribution in [3.8, 4) is 0 Å². The minimum Gasteiger partial charge on any atom is -0.395 e. The summed E-state index contributed by atoms with van der Waals surface area (Å²) in [6, 6.07) is 0. The molecule has 1 aliphatic heterocycles. The van der Waals surface area contributed by atoms with Crippen LogP contribution in [0.2, 0.25) is 0 Å². The van der Waals surface area contributed by atoms with Crippen molar-refractivity contribution in [3.05, 3.63) is 0 Å². The number of piperazine rings is 1. The van der Waals surface area contributed by atoms with E-state index in [2.05, 4.69) is 10.2 Å². The molecule has 3 N–H and O–H groups in total.